The van der Waals surface area contributed by atoms with Crippen molar-refractivity contribution in [3.63, 3.8) is 0 Å². The van der Waals surface area contributed by atoms with Crippen molar-refractivity contribution < 1.29 is 9.53 Å². The first-order valence-electron chi connectivity index (χ1n) is 10.2. The van der Waals surface area contributed by atoms with Crippen LogP contribution in [0.1, 0.15) is 49.8 Å². The van der Waals surface area contributed by atoms with Crippen molar-refractivity contribution in [3.8, 4) is 11.8 Å². The van der Waals surface area contributed by atoms with Gasteiger partial charge in [-0.2, -0.15) is 5.26 Å². The Morgan fingerprint density at radius 2 is 1.86 bits per heavy atom. The first-order valence-corrected chi connectivity index (χ1v) is 10.2. The summed E-state index contributed by atoms with van der Waals surface area (Å²) in [5, 5.41) is 8.98. The van der Waals surface area contributed by atoms with Crippen LogP contribution in [0.4, 0.5) is 0 Å². The molecular weight excluding hydrogens is 360 g/mol. The number of hydrogen-bond acceptors (Lipinski definition) is 3. The van der Waals surface area contributed by atoms with Gasteiger partial charge in [0.2, 0.25) is 5.91 Å². The molecule has 154 valence electrons. The quantitative estimate of drug-likeness (QED) is 0.507. The number of rotatable bonds is 10. The number of hydrogen-bond donors (Lipinski definition) is 0. The summed E-state index contributed by atoms with van der Waals surface area (Å²) in [4.78, 5) is 15.0. The van der Waals surface area contributed by atoms with E-state index < -0.39 is 5.41 Å². The molecule has 1 amide bonds. The third-order valence-corrected chi connectivity index (χ3v) is 5.12. The Bertz CT molecular complexity index is 838. The number of ether oxygens (including phenoxy) is 1. The van der Waals surface area contributed by atoms with Crippen molar-refractivity contribution in [2.24, 2.45) is 5.41 Å². The first kappa shape index (κ1) is 22.5. The summed E-state index contributed by atoms with van der Waals surface area (Å²) in [7, 11) is 0. The molecule has 0 N–H and O–H groups in total. The van der Waals surface area contributed by atoms with Gasteiger partial charge in [0.25, 0.3) is 0 Å². The van der Waals surface area contributed by atoms with Crippen LogP contribution in [0.15, 0.2) is 48.5 Å². The van der Waals surface area contributed by atoms with Crippen molar-refractivity contribution in [2.75, 3.05) is 13.2 Å². The first-order chi connectivity index (χ1) is 13.8. The highest BCUT2D eigenvalue weighted by molar-refractivity contribution is 5.82. The zero-order valence-electron chi connectivity index (χ0n) is 18.1. The van der Waals surface area contributed by atoms with Crippen LogP contribution in [0.3, 0.4) is 0 Å². The van der Waals surface area contributed by atoms with Crippen LogP contribution in [-0.4, -0.2) is 24.0 Å². The molecule has 0 radical (unpaired) electrons. The van der Waals surface area contributed by atoms with Crippen molar-refractivity contribution in [1.82, 2.24) is 4.90 Å². The lowest BCUT2D eigenvalue weighted by Crippen LogP contribution is -2.41. The molecule has 2 aromatic rings. The SMILES string of the molecule is Cc1ccc(C)c(OCCCC(C)(C)C(=O)N(CCC#N)Cc2ccccc2)c1. The summed E-state index contributed by atoms with van der Waals surface area (Å²) in [6.07, 6.45) is 1.86. The molecule has 0 unspecified atom stereocenters. The third-order valence-electron chi connectivity index (χ3n) is 5.12. The average molecular weight is 393 g/mol. The minimum Gasteiger partial charge on any atom is -0.493 e. The van der Waals surface area contributed by atoms with Gasteiger partial charge in [-0.15, -0.1) is 0 Å². The fourth-order valence-corrected chi connectivity index (χ4v) is 3.34. The standard InChI is InChI=1S/C25H32N2O2/c1-20-12-13-21(2)23(18-20)29-17-8-14-25(3,4)24(28)27(16-9-15-26)19-22-10-6-5-7-11-22/h5-7,10-13,18H,8-9,14,16-17,19H2,1-4H3. The van der Waals surface area contributed by atoms with Gasteiger partial charge in [-0.05, 0) is 49.4 Å². The second kappa shape index (κ2) is 10.7. The number of nitriles is 1. The molecule has 4 nitrogen and oxygen atoms in total. The number of aryl methyl sites for hydroxylation is 2. The van der Waals surface area contributed by atoms with Gasteiger partial charge in [0, 0.05) is 18.5 Å². The Balaban J connectivity index is 1.94. The fraction of sp³-hybridized carbons (Fsp3) is 0.440. The van der Waals surface area contributed by atoms with Crippen LogP contribution in [0.2, 0.25) is 0 Å². The van der Waals surface area contributed by atoms with Gasteiger partial charge in [-0.3, -0.25) is 4.79 Å². The molecule has 2 aromatic carbocycles. The van der Waals surface area contributed by atoms with Gasteiger partial charge in [0.15, 0.2) is 0 Å². The van der Waals surface area contributed by atoms with E-state index in [-0.39, 0.29) is 5.91 Å². The van der Waals surface area contributed by atoms with Crippen molar-refractivity contribution in [3.05, 3.63) is 65.2 Å². The van der Waals surface area contributed by atoms with E-state index in [2.05, 4.69) is 31.2 Å². The van der Waals surface area contributed by atoms with E-state index >= 15 is 0 Å². The van der Waals surface area contributed by atoms with Gasteiger partial charge in [0.05, 0.1) is 19.1 Å². The maximum Gasteiger partial charge on any atom is 0.228 e. The van der Waals surface area contributed by atoms with Crippen molar-refractivity contribution in [2.45, 2.75) is 53.5 Å². The Labute approximate surface area is 175 Å². The molecule has 4 heteroatoms. The Morgan fingerprint density at radius 1 is 1.14 bits per heavy atom. The van der Waals surface area contributed by atoms with Gasteiger partial charge in [0.1, 0.15) is 5.75 Å². The highest BCUT2D eigenvalue weighted by atomic mass is 16.5. The van der Waals surface area contributed by atoms with Gasteiger partial charge in [-0.1, -0.05) is 56.3 Å². The fourth-order valence-electron chi connectivity index (χ4n) is 3.34. The minimum atomic E-state index is -0.505. The second-order valence-electron chi connectivity index (χ2n) is 8.23. The molecule has 0 aliphatic heterocycles. The molecule has 0 spiro atoms. The molecular formula is C25H32N2O2. The van der Waals surface area contributed by atoms with E-state index in [0.29, 0.717) is 26.1 Å². The smallest absolute Gasteiger partial charge is 0.228 e. The normalized spacial score (nSPS) is 11.0. The lowest BCUT2D eigenvalue weighted by atomic mass is 9.86. The zero-order chi connectivity index (χ0) is 21.3. The van der Waals surface area contributed by atoms with Crippen LogP contribution < -0.4 is 4.74 Å². The maximum atomic E-state index is 13.2. The number of benzene rings is 2. The summed E-state index contributed by atoms with van der Waals surface area (Å²) in [5.74, 6) is 0.997. The predicted molar refractivity (Wildman–Crippen MR) is 117 cm³/mol. The van der Waals surface area contributed by atoms with E-state index in [4.69, 9.17) is 10.00 Å². The lowest BCUT2D eigenvalue weighted by molar-refractivity contribution is -0.141. The summed E-state index contributed by atoms with van der Waals surface area (Å²) >= 11 is 0. The van der Waals surface area contributed by atoms with Crippen LogP contribution in [0, 0.1) is 30.6 Å². The molecule has 0 aliphatic rings. The summed E-state index contributed by atoms with van der Waals surface area (Å²) < 4.78 is 5.95. The topological polar surface area (TPSA) is 53.3 Å². The number of amides is 1. The summed E-state index contributed by atoms with van der Waals surface area (Å²) in [6.45, 7) is 9.62. The number of carbonyl (C=O) groups excluding carboxylic acids is 1. The molecule has 0 saturated heterocycles. The Kier molecular flexibility index (Phi) is 8.27. The zero-order valence-corrected chi connectivity index (χ0v) is 18.1. The number of nitrogens with zero attached hydrogens (tertiary/aromatic N) is 2. The highest BCUT2D eigenvalue weighted by Gasteiger charge is 2.31. The predicted octanol–water partition coefficient (Wildman–Crippen LogP) is 5.43. The van der Waals surface area contributed by atoms with E-state index in [0.717, 1.165) is 29.7 Å². The van der Waals surface area contributed by atoms with Crippen LogP contribution in [-0.2, 0) is 11.3 Å². The third kappa shape index (κ3) is 6.94. The molecule has 0 aromatic heterocycles. The van der Waals surface area contributed by atoms with E-state index in [9.17, 15) is 4.79 Å². The van der Waals surface area contributed by atoms with Gasteiger partial charge >= 0.3 is 0 Å². The lowest BCUT2D eigenvalue weighted by Gasteiger charge is -2.32. The maximum absolute atomic E-state index is 13.2. The molecule has 0 aliphatic carbocycles. The molecule has 0 bridgehead atoms. The second-order valence-corrected chi connectivity index (χ2v) is 8.23. The monoisotopic (exact) mass is 392 g/mol. The summed E-state index contributed by atoms with van der Waals surface area (Å²) in [5.41, 5.74) is 2.87. The van der Waals surface area contributed by atoms with Crippen LogP contribution in [0.5, 0.6) is 5.75 Å². The minimum absolute atomic E-state index is 0.0864. The summed E-state index contributed by atoms with van der Waals surface area (Å²) in [6, 6.07) is 18.3. The molecule has 2 rings (SSSR count). The van der Waals surface area contributed by atoms with E-state index in [1.807, 2.05) is 56.0 Å². The largest absolute Gasteiger partial charge is 0.493 e. The van der Waals surface area contributed by atoms with Crippen molar-refractivity contribution in [1.29, 1.82) is 5.26 Å². The van der Waals surface area contributed by atoms with Gasteiger partial charge < -0.3 is 9.64 Å². The molecule has 0 atom stereocenters. The van der Waals surface area contributed by atoms with E-state index in [1.54, 1.807) is 0 Å². The molecule has 29 heavy (non-hydrogen) atoms. The Hall–Kier alpha value is -2.80. The van der Waals surface area contributed by atoms with Crippen LogP contribution in [0.25, 0.3) is 0 Å². The molecule has 0 fully saturated rings. The van der Waals surface area contributed by atoms with E-state index in [1.165, 1.54) is 5.56 Å². The number of carbonyl (C=O) groups is 1. The highest BCUT2D eigenvalue weighted by Crippen LogP contribution is 2.27. The van der Waals surface area contributed by atoms with Crippen LogP contribution >= 0.6 is 0 Å². The molecule has 0 saturated carbocycles. The average Bonchev–Trinajstić information content (AvgIpc) is 2.71. The van der Waals surface area contributed by atoms with Crippen molar-refractivity contribution >= 4 is 5.91 Å². The Morgan fingerprint density at radius 3 is 2.55 bits per heavy atom. The molecule has 0 heterocycles. The van der Waals surface area contributed by atoms with Gasteiger partial charge in [-0.25, -0.2) is 0 Å².